The van der Waals surface area contributed by atoms with Gasteiger partial charge in [0.2, 0.25) is 0 Å². The second-order valence-electron chi connectivity index (χ2n) is 7.60. The highest BCUT2D eigenvalue weighted by Gasteiger charge is 2.42. The van der Waals surface area contributed by atoms with Crippen LogP contribution in [0.3, 0.4) is 0 Å². The summed E-state index contributed by atoms with van der Waals surface area (Å²) in [6.07, 6.45) is 3.79. The summed E-state index contributed by atoms with van der Waals surface area (Å²) in [6.45, 7) is 10.1. The molecule has 152 valence electrons. The van der Waals surface area contributed by atoms with Crippen LogP contribution in [0.5, 0.6) is 0 Å². The van der Waals surface area contributed by atoms with E-state index in [1.807, 2.05) is 7.05 Å². The first-order chi connectivity index (χ1) is 12.7. The first-order valence-electron chi connectivity index (χ1n) is 10.0. The number of hydrogen-bond acceptors (Lipinski definition) is 3. The molecule has 6 heteroatoms. The van der Waals surface area contributed by atoms with Gasteiger partial charge in [-0.3, -0.25) is 9.89 Å². The molecule has 1 aliphatic heterocycles. The number of ether oxygens (including phenoxy) is 1. The van der Waals surface area contributed by atoms with Gasteiger partial charge in [0.25, 0.3) is 0 Å². The maximum Gasteiger partial charge on any atom is 0.193 e. The lowest BCUT2D eigenvalue weighted by Gasteiger charge is -2.37. The molecule has 0 radical (unpaired) electrons. The number of nitrogens with zero attached hydrogens (tertiary/aromatic N) is 3. The summed E-state index contributed by atoms with van der Waals surface area (Å²) in [6, 6.07) is 10.7. The predicted octanol–water partition coefficient (Wildman–Crippen LogP) is 3.20. The van der Waals surface area contributed by atoms with E-state index >= 15 is 0 Å². The van der Waals surface area contributed by atoms with Crippen LogP contribution in [0.2, 0.25) is 0 Å². The second kappa shape index (κ2) is 11.2. The van der Waals surface area contributed by atoms with E-state index in [0.29, 0.717) is 5.41 Å². The van der Waals surface area contributed by atoms with Crippen LogP contribution < -0.4 is 5.32 Å². The Bertz CT molecular complexity index is 569. The Kier molecular flexibility index (Phi) is 9.32. The van der Waals surface area contributed by atoms with Crippen LogP contribution in [-0.2, 0) is 11.3 Å². The quantitative estimate of drug-likeness (QED) is 0.265. The Balaban J connectivity index is 0.00000261. The van der Waals surface area contributed by atoms with Gasteiger partial charge in [-0.2, -0.15) is 0 Å². The number of halogens is 1. The number of rotatable bonds is 8. The molecule has 1 aromatic rings. The van der Waals surface area contributed by atoms with Gasteiger partial charge in [0.05, 0.1) is 0 Å². The van der Waals surface area contributed by atoms with E-state index < -0.39 is 0 Å². The molecule has 1 aromatic carbocycles. The summed E-state index contributed by atoms with van der Waals surface area (Å²) in [5.41, 5.74) is 1.84. The van der Waals surface area contributed by atoms with Gasteiger partial charge in [0, 0.05) is 59.5 Å². The predicted molar refractivity (Wildman–Crippen MR) is 123 cm³/mol. The van der Waals surface area contributed by atoms with Crippen molar-refractivity contribution in [3.05, 3.63) is 35.9 Å². The van der Waals surface area contributed by atoms with E-state index in [0.717, 1.165) is 64.9 Å². The molecule has 3 rings (SSSR count). The Morgan fingerprint density at radius 1 is 1.15 bits per heavy atom. The molecule has 5 nitrogen and oxygen atoms in total. The molecule has 0 spiro atoms. The largest absolute Gasteiger partial charge is 0.382 e. The third-order valence-corrected chi connectivity index (χ3v) is 5.69. The zero-order chi connectivity index (χ0) is 18.2. The van der Waals surface area contributed by atoms with Gasteiger partial charge < -0.3 is 15.0 Å². The summed E-state index contributed by atoms with van der Waals surface area (Å²) in [5.74, 6) is 1.06. The van der Waals surface area contributed by atoms with Crippen LogP contribution in [0.25, 0.3) is 0 Å². The van der Waals surface area contributed by atoms with E-state index in [-0.39, 0.29) is 24.0 Å². The minimum Gasteiger partial charge on any atom is -0.382 e. The van der Waals surface area contributed by atoms with Gasteiger partial charge in [0.15, 0.2) is 5.96 Å². The average molecular weight is 486 g/mol. The molecule has 27 heavy (non-hydrogen) atoms. The Morgan fingerprint density at radius 3 is 2.44 bits per heavy atom. The standard InChI is InChI=1S/C21H34N4O.HI/c1-3-26-16-11-21(9-10-21)18-23-20(22-2)25-14-12-24(13-15-25)17-19-7-5-4-6-8-19;/h4-8H,3,9-18H2,1-2H3,(H,22,23);1H. The van der Waals surface area contributed by atoms with Gasteiger partial charge in [-0.15, -0.1) is 24.0 Å². The van der Waals surface area contributed by atoms with Gasteiger partial charge in [-0.25, -0.2) is 0 Å². The molecule has 1 saturated carbocycles. The lowest BCUT2D eigenvalue weighted by Crippen LogP contribution is -2.52. The Hall–Kier alpha value is -0.860. The number of benzene rings is 1. The zero-order valence-electron chi connectivity index (χ0n) is 16.8. The average Bonchev–Trinajstić information content (AvgIpc) is 3.45. The van der Waals surface area contributed by atoms with Crippen molar-refractivity contribution in [3.63, 3.8) is 0 Å². The van der Waals surface area contributed by atoms with E-state index in [2.05, 4.69) is 57.4 Å². The molecule has 1 aliphatic carbocycles. The van der Waals surface area contributed by atoms with E-state index in [9.17, 15) is 0 Å². The lowest BCUT2D eigenvalue weighted by molar-refractivity contribution is 0.128. The molecule has 2 fully saturated rings. The van der Waals surface area contributed by atoms with E-state index in [4.69, 9.17) is 4.74 Å². The molecule has 1 saturated heterocycles. The molecule has 0 aromatic heterocycles. The van der Waals surface area contributed by atoms with E-state index in [1.54, 1.807) is 0 Å². The lowest BCUT2D eigenvalue weighted by atomic mass is 10.0. The van der Waals surface area contributed by atoms with Crippen LogP contribution in [0.4, 0.5) is 0 Å². The Morgan fingerprint density at radius 2 is 1.85 bits per heavy atom. The summed E-state index contributed by atoms with van der Waals surface area (Å²) in [5, 5.41) is 3.64. The van der Waals surface area contributed by atoms with Crippen LogP contribution in [0.1, 0.15) is 31.7 Å². The topological polar surface area (TPSA) is 40.1 Å². The SMILES string of the molecule is CCOCCC1(CNC(=NC)N2CCN(Cc3ccccc3)CC2)CC1.I. The van der Waals surface area contributed by atoms with Gasteiger partial charge in [0.1, 0.15) is 0 Å². The number of aliphatic imine (C=N–C) groups is 1. The van der Waals surface area contributed by atoms with Crippen LogP contribution in [-0.4, -0.2) is 68.7 Å². The Labute approximate surface area is 181 Å². The molecule has 0 bridgehead atoms. The number of guanidine groups is 1. The third-order valence-electron chi connectivity index (χ3n) is 5.69. The fraction of sp³-hybridized carbons (Fsp3) is 0.667. The molecule has 0 amide bonds. The fourth-order valence-corrected chi connectivity index (χ4v) is 3.68. The molecule has 2 aliphatic rings. The van der Waals surface area contributed by atoms with Crippen molar-refractivity contribution in [1.82, 2.24) is 15.1 Å². The van der Waals surface area contributed by atoms with Crippen molar-refractivity contribution in [2.75, 3.05) is 53.0 Å². The van der Waals surface area contributed by atoms with Crippen molar-refractivity contribution in [1.29, 1.82) is 0 Å². The molecule has 0 unspecified atom stereocenters. The third kappa shape index (κ3) is 6.91. The smallest absolute Gasteiger partial charge is 0.193 e. The highest BCUT2D eigenvalue weighted by atomic mass is 127. The van der Waals surface area contributed by atoms with Crippen LogP contribution in [0, 0.1) is 5.41 Å². The fourth-order valence-electron chi connectivity index (χ4n) is 3.68. The molecular weight excluding hydrogens is 451 g/mol. The van der Waals surface area contributed by atoms with E-state index in [1.165, 1.54) is 18.4 Å². The van der Waals surface area contributed by atoms with Gasteiger partial charge >= 0.3 is 0 Å². The van der Waals surface area contributed by atoms with Crippen LogP contribution >= 0.6 is 24.0 Å². The monoisotopic (exact) mass is 486 g/mol. The molecule has 0 atom stereocenters. The number of hydrogen-bond donors (Lipinski definition) is 1. The van der Waals surface area contributed by atoms with Gasteiger partial charge in [-0.05, 0) is 37.2 Å². The van der Waals surface area contributed by atoms with Crippen molar-refractivity contribution in [2.45, 2.75) is 32.7 Å². The molecular formula is C21H35IN4O. The van der Waals surface area contributed by atoms with Crippen LogP contribution in [0.15, 0.2) is 35.3 Å². The summed E-state index contributed by atoms with van der Waals surface area (Å²) < 4.78 is 5.55. The van der Waals surface area contributed by atoms with Crippen molar-refractivity contribution in [2.24, 2.45) is 10.4 Å². The maximum absolute atomic E-state index is 5.55. The minimum atomic E-state index is 0. The maximum atomic E-state index is 5.55. The summed E-state index contributed by atoms with van der Waals surface area (Å²) >= 11 is 0. The highest BCUT2D eigenvalue weighted by Crippen LogP contribution is 2.48. The summed E-state index contributed by atoms with van der Waals surface area (Å²) in [7, 11) is 1.90. The second-order valence-corrected chi connectivity index (χ2v) is 7.60. The number of piperazine rings is 1. The highest BCUT2D eigenvalue weighted by molar-refractivity contribution is 14.0. The first-order valence-corrected chi connectivity index (χ1v) is 10.0. The summed E-state index contributed by atoms with van der Waals surface area (Å²) in [4.78, 5) is 9.46. The first kappa shape index (κ1) is 22.4. The normalized spacial score (nSPS) is 19.5. The van der Waals surface area contributed by atoms with Crippen molar-refractivity contribution < 1.29 is 4.74 Å². The van der Waals surface area contributed by atoms with Crippen molar-refractivity contribution in [3.8, 4) is 0 Å². The number of nitrogens with one attached hydrogen (secondary N) is 1. The van der Waals surface area contributed by atoms with Gasteiger partial charge in [-0.1, -0.05) is 30.3 Å². The zero-order valence-corrected chi connectivity index (χ0v) is 19.2. The van der Waals surface area contributed by atoms with Crippen molar-refractivity contribution >= 4 is 29.9 Å². The minimum absolute atomic E-state index is 0. The molecule has 1 N–H and O–H groups in total. The molecule has 1 heterocycles.